The van der Waals surface area contributed by atoms with Crippen LogP contribution in [-0.2, 0) is 9.84 Å². The van der Waals surface area contributed by atoms with Gasteiger partial charge in [-0.1, -0.05) is 0 Å². The normalized spacial score (nSPS) is 34.0. The van der Waals surface area contributed by atoms with Gasteiger partial charge < -0.3 is 5.73 Å². The van der Waals surface area contributed by atoms with E-state index < -0.39 is 9.84 Å². The maximum absolute atomic E-state index is 10.9. The van der Waals surface area contributed by atoms with Crippen LogP contribution >= 0.6 is 0 Å². The number of hydrogen-bond donors (Lipinski definition) is 1. The molecule has 1 fully saturated rings. The zero-order valence-corrected chi connectivity index (χ0v) is 6.89. The monoisotopic (exact) mass is 163 g/mol. The number of nitrogens with two attached hydrogens (primary N) is 1. The van der Waals surface area contributed by atoms with Gasteiger partial charge in [0, 0.05) is 6.04 Å². The number of rotatable bonds is 1. The average molecular weight is 163 g/mol. The molecule has 1 unspecified atom stereocenters. The van der Waals surface area contributed by atoms with E-state index in [1.807, 2.05) is 6.92 Å². The summed E-state index contributed by atoms with van der Waals surface area (Å²) in [6.07, 6.45) is 0.750. The molecule has 2 atom stereocenters. The van der Waals surface area contributed by atoms with Crippen molar-refractivity contribution in [1.29, 1.82) is 0 Å². The maximum atomic E-state index is 10.9. The van der Waals surface area contributed by atoms with E-state index in [9.17, 15) is 8.42 Å². The van der Waals surface area contributed by atoms with E-state index in [-0.39, 0.29) is 12.0 Å². The van der Waals surface area contributed by atoms with Crippen molar-refractivity contribution < 1.29 is 8.42 Å². The molecule has 10 heavy (non-hydrogen) atoms. The molecule has 0 saturated carbocycles. The Kier molecular flexibility index (Phi) is 2.01. The molecule has 1 aliphatic rings. The molecule has 4 heteroatoms. The standard InChI is InChI=1S/C6H13NO2S/c1-5(7)6-2-3-10(8,9)4-6/h5-6H,2-4,7H2,1H3/t5-,6?/m1/s1. The van der Waals surface area contributed by atoms with E-state index in [2.05, 4.69) is 0 Å². The summed E-state index contributed by atoms with van der Waals surface area (Å²) < 4.78 is 21.8. The van der Waals surface area contributed by atoms with E-state index in [1.54, 1.807) is 0 Å². The highest BCUT2D eigenvalue weighted by Crippen LogP contribution is 2.20. The van der Waals surface area contributed by atoms with Crippen LogP contribution in [-0.4, -0.2) is 26.0 Å². The van der Waals surface area contributed by atoms with Gasteiger partial charge in [-0.3, -0.25) is 0 Å². The first-order valence-electron chi connectivity index (χ1n) is 3.47. The van der Waals surface area contributed by atoms with Crippen molar-refractivity contribution in [1.82, 2.24) is 0 Å². The Balaban J connectivity index is 2.60. The largest absolute Gasteiger partial charge is 0.328 e. The summed E-state index contributed by atoms with van der Waals surface area (Å²) in [4.78, 5) is 0. The van der Waals surface area contributed by atoms with Crippen molar-refractivity contribution in [2.24, 2.45) is 11.7 Å². The van der Waals surface area contributed by atoms with E-state index in [0.717, 1.165) is 6.42 Å². The first-order chi connectivity index (χ1) is 4.51. The van der Waals surface area contributed by atoms with Crippen molar-refractivity contribution in [3.05, 3.63) is 0 Å². The second-order valence-electron chi connectivity index (χ2n) is 3.02. The minimum Gasteiger partial charge on any atom is -0.328 e. The zero-order valence-electron chi connectivity index (χ0n) is 6.08. The lowest BCUT2D eigenvalue weighted by molar-refractivity contribution is 0.493. The molecule has 1 heterocycles. The lowest BCUT2D eigenvalue weighted by Gasteiger charge is -2.10. The fourth-order valence-corrected chi connectivity index (χ4v) is 3.19. The third-order valence-corrected chi connectivity index (χ3v) is 3.80. The molecule has 1 rings (SSSR count). The molecule has 0 aliphatic carbocycles. The van der Waals surface area contributed by atoms with Crippen LogP contribution in [0.3, 0.4) is 0 Å². The van der Waals surface area contributed by atoms with E-state index in [1.165, 1.54) is 0 Å². The van der Waals surface area contributed by atoms with E-state index >= 15 is 0 Å². The van der Waals surface area contributed by atoms with Gasteiger partial charge in [-0.15, -0.1) is 0 Å². The topological polar surface area (TPSA) is 60.2 Å². The van der Waals surface area contributed by atoms with Gasteiger partial charge in [0.1, 0.15) is 0 Å². The van der Waals surface area contributed by atoms with E-state index in [0.29, 0.717) is 11.5 Å². The second-order valence-corrected chi connectivity index (χ2v) is 5.25. The summed E-state index contributed by atoms with van der Waals surface area (Å²) in [6.45, 7) is 1.87. The van der Waals surface area contributed by atoms with Gasteiger partial charge in [-0.05, 0) is 19.3 Å². The maximum Gasteiger partial charge on any atom is 0.150 e. The highest BCUT2D eigenvalue weighted by atomic mass is 32.2. The number of hydrogen-bond acceptors (Lipinski definition) is 3. The molecule has 0 aromatic rings. The zero-order chi connectivity index (χ0) is 7.78. The van der Waals surface area contributed by atoms with Crippen molar-refractivity contribution in [3.63, 3.8) is 0 Å². The van der Waals surface area contributed by atoms with Crippen LogP contribution in [0.25, 0.3) is 0 Å². The molecule has 0 bridgehead atoms. The third kappa shape index (κ3) is 1.70. The van der Waals surface area contributed by atoms with Gasteiger partial charge in [0.25, 0.3) is 0 Å². The fraction of sp³-hybridized carbons (Fsp3) is 1.00. The Hall–Kier alpha value is -0.0900. The quantitative estimate of drug-likeness (QED) is 0.581. The first kappa shape index (κ1) is 8.01. The summed E-state index contributed by atoms with van der Waals surface area (Å²) in [6, 6.07) is 0.0253. The molecule has 0 spiro atoms. The van der Waals surface area contributed by atoms with Crippen LogP contribution in [0.1, 0.15) is 13.3 Å². The predicted molar refractivity (Wildman–Crippen MR) is 40.4 cm³/mol. The fourth-order valence-electron chi connectivity index (χ4n) is 1.24. The molecule has 1 saturated heterocycles. The lowest BCUT2D eigenvalue weighted by Crippen LogP contribution is -2.27. The second kappa shape index (κ2) is 2.51. The van der Waals surface area contributed by atoms with Gasteiger partial charge in [-0.25, -0.2) is 8.42 Å². The van der Waals surface area contributed by atoms with E-state index in [4.69, 9.17) is 5.73 Å². The van der Waals surface area contributed by atoms with Gasteiger partial charge >= 0.3 is 0 Å². The molecule has 0 radical (unpaired) electrons. The van der Waals surface area contributed by atoms with Crippen LogP contribution in [0.4, 0.5) is 0 Å². The Morgan fingerprint density at radius 1 is 1.60 bits per heavy atom. The third-order valence-electron chi connectivity index (χ3n) is 2.01. The molecule has 3 nitrogen and oxygen atoms in total. The van der Waals surface area contributed by atoms with Crippen LogP contribution < -0.4 is 5.73 Å². The summed E-state index contributed by atoms with van der Waals surface area (Å²) >= 11 is 0. The van der Waals surface area contributed by atoms with Crippen LogP contribution in [0, 0.1) is 5.92 Å². The molecular formula is C6H13NO2S. The molecule has 0 aromatic heterocycles. The minimum atomic E-state index is -2.72. The van der Waals surface area contributed by atoms with Crippen molar-refractivity contribution in [3.8, 4) is 0 Å². The minimum absolute atomic E-state index is 0.0253. The first-order valence-corrected chi connectivity index (χ1v) is 5.29. The lowest BCUT2D eigenvalue weighted by atomic mass is 10.0. The summed E-state index contributed by atoms with van der Waals surface area (Å²) in [5.41, 5.74) is 5.55. The van der Waals surface area contributed by atoms with Gasteiger partial charge in [0.05, 0.1) is 11.5 Å². The van der Waals surface area contributed by atoms with Crippen molar-refractivity contribution >= 4 is 9.84 Å². The predicted octanol–water partition coefficient (Wildman–Crippen LogP) is -0.232. The van der Waals surface area contributed by atoms with Gasteiger partial charge in [-0.2, -0.15) is 0 Å². The molecule has 0 aromatic carbocycles. The molecule has 60 valence electrons. The Labute approximate surface area is 61.5 Å². The summed E-state index contributed by atoms with van der Waals surface area (Å²) in [5, 5.41) is 0. The Morgan fingerprint density at radius 3 is 2.40 bits per heavy atom. The van der Waals surface area contributed by atoms with Crippen LogP contribution in [0.15, 0.2) is 0 Å². The number of sulfone groups is 1. The molecular weight excluding hydrogens is 150 g/mol. The molecule has 0 amide bonds. The van der Waals surface area contributed by atoms with Gasteiger partial charge in [0.15, 0.2) is 9.84 Å². The highest BCUT2D eigenvalue weighted by molar-refractivity contribution is 7.91. The molecule has 2 N–H and O–H groups in total. The summed E-state index contributed by atoms with van der Waals surface area (Å²) in [5.74, 6) is 0.828. The summed E-state index contributed by atoms with van der Waals surface area (Å²) in [7, 11) is -2.72. The SMILES string of the molecule is C[C@@H](N)C1CCS(=O)(=O)C1. The van der Waals surface area contributed by atoms with Crippen molar-refractivity contribution in [2.75, 3.05) is 11.5 Å². The van der Waals surface area contributed by atoms with Crippen LogP contribution in [0.5, 0.6) is 0 Å². The molecule has 1 aliphatic heterocycles. The van der Waals surface area contributed by atoms with Crippen molar-refractivity contribution in [2.45, 2.75) is 19.4 Å². The Morgan fingerprint density at radius 2 is 2.20 bits per heavy atom. The Bertz CT molecular complexity index is 208. The average Bonchev–Trinajstić information content (AvgIpc) is 2.10. The van der Waals surface area contributed by atoms with Gasteiger partial charge in [0.2, 0.25) is 0 Å². The smallest absolute Gasteiger partial charge is 0.150 e. The van der Waals surface area contributed by atoms with Crippen LogP contribution in [0.2, 0.25) is 0 Å². The highest BCUT2D eigenvalue weighted by Gasteiger charge is 2.29.